The van der Waals surface area contributed by atoms with E-state index in [0.29, 0.717) is 19.4 Å². The molecule has 5 heteroatoms. The average molecular weight is 341 g/mol. The Hall–Kier alpha value is -2.66. The van der Waals surface area contributed by atoms with Crippen molar-refractivity contribution in [1.82, 2.24) is 5.32 Å². The summed E-state index contributed by atoms with van der Waals surface area (Å²) in [4.78, 5) is 23.9. The molecular formula is C20H23NO4. The standard InChI is InChI=1S/C20H23NO4/c1-24-20(23)18(13-12-16-8-4-2-5-9-16)21-19(22)15-25-14-17-10-6-3-7-11-17/h2-11,18H,12-15H2,1H3,(H,21,22)/t18-/m0/s1. The number of methoxy groups -OCH3 is 1. The predicted octanol–water partition coefficient (Wildman–Crippen LogP) is 2.49. The summed E-state index contributed by atoms with van der Waals surface area (Å²) < 4.78 is 10.2. The zero-order valence-electron chi connectivity index (χ0n) is 14.3. The van der Waals surface area contributed by atoms with E-state index < -0.39 is 12.0 Å². The summed E-state index contributed by atoms with van der Waals surface area (Å²) in [5.41, 5.74) is 2.09. The van der Waals surface area contributed by atoms with Crippen molar-refractivity contribution in [2.24, 2.45) is 0 Å². The number of aryl methyl sites for hydroxylation is 1. The summed E-state index contributed by atoms with van der Waals surface area (Å²) in [7, 11) is 1.32. The Morgan fingerprint density at radius 2 is 1.56 bits per heavy atom. The van der Waals surface area contributed by atoms with Gasteiger partial charge in [-0.2, -0.15) is 0 Å². The van der Waals surface area contributed by atoms with E-state index in [0.717, 1.165) is 11.1 Å². The lowest BCUT2D eigenvalue weighted by Gasteiger charge is -2.16. The van der Waals surface area contributed by atoms with Gasteiger partial charge in [-0.05, 0) is 24.0 Å². The van der Waals surface area contributed by atoms with Crippen LogP contribution in [0.5, 0.6) is 0 Å². The van der Waals surface area contributed by atoms with E-state index in [4.69, 9.17) is 9.47 Å². The Morgan fingerprint density at radius 3 is 2.16 bits per heavy atom. The van der Waals surface area contributed by atoms with Gasteiger partial charge in [0.1, 0.15) is 12.6 Å². The highest BCUT2D eigenvalue weighted by atomic mass is 16.5. The van der Waals surface area contributed by atoms with E-state index in [1.54, 1.807) is 0 Å². The van der Waals surface area contributed by atoms with Gasteiger partial charge in [0.25, 0.3) is 0 Å². The maximum Gasteiger partial charge on any atom is 0.328 e. The highest BCUT2D eigenvalue weighted by Crippen LogP contribution is 2.06. The van der Waals surface area contributed by atoms with E-state index in [9.17, 15) is 9.59 Å². The molecule has 0 aromatic heterocycles. The molecule has 5 nitrogen and oxygen atoms in total. The molecule has 0 aliphatic carbocycles. The lowest BCUT2D eigenvalue weighted by Crippen LogP contribution is -2.43. The van der Waals surface area contributed by atoms with Gasteiger partial charge < -0.3 is 14.8 Å². The number of benzene rings is 2. The minimum Gasteiger partial charge on any atom is -0.467 e. The smallest absolute Gasteiger partial charge is 0.328 e. The normalized spacial score (nSPS) is 11.6. The Morgan fingerprint density at radius 1 is 0.960 bits per heavy atom. The summed E-state index contributed by atoms with van der Waals surface area (Å²) in [6.45, 7) is 0.245. The van der Waals surface area contributed by atoms with Gasteiger partial charge in [0.2, 0.25) is 5.91 Å². The fourth-order valence-corrected chi connectivity index (χ4v) is 2.42. The molecule has 0 bridgehead atoms. The Kier molecular flexibility index (Phi) is 7.66. The number of ether oxygens (including phenoxy) is 2. The summed E-state index contributed by atoms with van der Waals surface area (Å²) in [6.07, 6.45) is 1.15. The number of hydrogen-bond acceptors (Lipinski definition) is 4. The SMILES string of the molecule is COC(=O)[C@H](CCc1ccccc1)NC(=O)COCc1ccccc1. The van der Waals surface area contributed by atoms with Gasteiger partial charge in [0.05, 0.1) is 13.7 Å². The first kappa shape index (κ1) is 18.7. The first-order valence-corrected chi connectivity index (χ1v) is 8.22. The topological polar surface area (TPSA) is 64.6 Å². The van der Waals surface area contributed by atoms with Crippen LogP contribution in [0.15, 0.2) is 60.7 Å². The number of carbonyl (C=O) groups excluding carboxylic acids is 2. The van der Waals surface area contributed by atoms with Crippen LogP contribution in [0.1, 0.15) is 17.5 Å². The van der Waals surface area contributed by atoms with Crippen LogP contribution in [0.2, 0.25) is 0 Å². The molecule has 0 radical (unpaired) electrons. The summed E-state index contributed by atoms with van der Waals surface area (Å²) in [5, 5.41) is 2.69. The molecule has 132 valence electrons. The number of rotatable bonds is 9. The van der Waals surface area contributed by atoms with Crippen LogP contribution in [0.3, 0.4) is 0 Å². The van der Waals surface area contributed by atoms with Crippen LogP contribution in [-0.4, -0.2) is 31.6 Å². The zero-order chi connectivity index (χ0) is 17.9. The maximum atomic E-state index is 12.0. The monoisotopic (exact) mass is 341 g/mol. The molecule has 0 heterocycles. The van der Waals surface area contributed by atoms with Crippen LogP contribution in [0, 0.1) is 0 Å². The second-order valence-electron chi connectivity index (χ2n) is 5.65. The average Bonchev–Trinajstić information content (AvgIpc) is 2.66. The van der Waals surface area contributed by atoms with Crippen LogP contribution >= 0.6 is 0 Å². The van der Waals surface area contributed by atoms with Gasteiger partial charge in [-0.3, -0.25) is 4.79 Å². The van der Waals surface area contributed by atoms with Crippen molar-refractivity contribution in [1.29, 1.82) is 0 Å². The Balaban J connectivity index is 1.79. The maximum absolute atomic E-state index is 12.0. The van der Waals surface area contributed by atoms with Gasteiger partial charge in [0, 0.05) is 0 Å². The van der Waals surface area contributed by atoms with Crippen molar-refractivity contribution >= 4 is 11.9 Å². The molecular weight excluding hydrogens is 318 g/mol. The lowest BCUT2D eigenvalue weighted by atomic mass is 10.1. The molecule has 0 unspecified atom stereocenters. The summed E-state index contributed by atoms with van der Waals surface area (Å²) >= 11 is 0. The largest absolute Gasteiger partial charge is 0.467 e. The first-order valence-electron chi connectivity index (χ1n) is 8.22. The van der Waals surface area contributed by atoms with Crippen LogP contribution in [-0.2, 0) is 32.1 Å². The van der Waals surface area contributed by atoms with Gasteiger partial charge in [-0.25, -0.2) is 4.79 Å². The molecule has 25 heavy (non-hydrogen) atoms. The molecule has 0 saturated heterocycles. The molecule has 0 spiro atoms. The van der Waals surface area contributed by atoms with Crippen LogP contribution < -0.4 is 5.32 Å². The van der Waals surface area contributed by atoms with Gasteiger partial charge in [0.15, 0.2) is 0 Å². The quantitative estimate of drug-likeness (QED) is 0.712. The highest BCUT2D eigenvalue weighted by molar-refractivity contribution is 5.85. The van der Waals surface area contributed by atoms with Gasteiger partial charge in [-0.15, -0.1) is 0 Å². The van der Waals surface area contributed by atoms with Crippen molar-refractivity contribution in [3.63, 3.8) is 0 Å². The van der Waals surface area contributed by atoms with Crippen LogP contribution in [0.4, 0.5) is 0 Å². The minimum atomic E-state index is -0.682. The van der Waals surface area contributed by atoms with Crippen LogP contribution in [0.25, 0.3) is 0 Å². The van der Waals surface area contributed by atoms with Crippen molar-refractivity contribution in [2.45, 2.75) is 25.5 Å². The third-order valence-corrected chi connectivity index (χ3v) is 3.73. The number of hydrogen-bond donors (Lipinski definition) is 1. The fourth-order valence-electron chi connectivity index (χ4n) is 2.42. The van der Waals surface area contributed by atoms with Gasteiger partial charge >= 0.3 is 5.97 Å². The molecule has 0 aliphatic heterocycles. The molecule has 2 rings (SSSR count). The Labute approximate surface area is 148 Å². The van der Waals surface area contributed by atoms with E-state index in [1.165, 1.54) is 7.11 Å². The summed E-state index contributed by atoms with van der Waals surface area (Å²) in [5.74, 6) is -0.785. The van der Waals surface area contributed by atoms with E-state index >= 15 is 0 Å². The molecule has 2 aromatic rings. The lowest BCUT2D eigenvalue weighted by molar-refractivity contribution is -0.145. The van der Waals surface area contributed by atoms with Crippen molar-refractivity contribution in [3.8, 4) is 0 Å². The molecule has 2 aromatic carbocycles. The van der Waals surface area contributed by atoms with Crippen molar-refractivity contribution in [2.75, 3.05) is 13.7 Å². The molecule has 0 fully saturated rings. The predicted molar refractivity (Wildman–Crippen MR) is 94.8 cm³/mol. The number of nitrogens with one attached hydrogen (secondary N) is 1. The van der Waals surface area contributed by atoms with E-state index in [-0.39, 0.29) is 12.5 Å². The third kappa shape index (κ3) is 6.77. The van der Waals surface area contributed by atoms with E-state index in [1.807, 2.05) is 60.7 Å². The molecule has 0 aliphatic rings. The van der Waals surface area contributed by atoms with Crippen molar-refractivity contribution in [3.05, 3.63) is 71.8 Å². The molecule has 0 saturated carbocycles. The zero-order valence-corrected chi connectivity index (χ0v) is 14.3. The minimum absolute atomic E-state index is 0.103. The highest BCUT2D eigenvalue weighted by Gasteiger charge is 2.21. The second-order valence-corrected chi connectivity index (χ2v) is 5.65. The van der Waals surface area contributed by atoms with E-state index in [2.05, 4.69) is 5.32 Å². The van der Waals surface area contributed by atoms with Gasteiger partial charge in [-0.1, -0.05) is 60.7 Å². The molecule has 1 atom stereocenters. The number of carbonyl (C=O) groups is 2. The second kappa shape index (κ2) is 10.3. The molecule has 1 amide bonds. The number of amides is 1. The Bertz CT molecular complexity index is 658. The summed E-state index contributed by atoms with van der Waals surface area (Å²) in [6, 6.07) is 18.7. The fraction of sp³-hybridized carbons (Fsp3) is 0.300. The third-order valence-electron chi connectivity index (χ3n) is 3.73. The first-order chi connectivity index (χ1) is 12.2. The number of esters is 1. The van der Waals surface area contributed by atoms with Crippen molar-refractivity contribution < 1.29 is 19.1 Å². The molecule has 1 N–H and O–H groups in total.